The fourth-order valence-electron chi connectivity index (χ4n) is 2.73. The number of hydrogen-bond donors (Lipinski definition) is 2. The van der Waals surface area contributed by atoms with Crippen molar-refractivity contribution in [1.29, 1.82) is 0 Å². The van der Waals surface area contributed by atoms with Crippen LogP contribution >= 0.6 is 11.6 Å². The number of halogens is 2. The highest BCUT2D eigenvalue weighted by Gasteiger charge is 2.23. The number of anilines is 2. The summed E-state index contributed by atoms with van der Waals surface area (Å²) in [5.74, 6) is -0.732. The second-order valence-corrected chi connectivity index (χ2v) is 8.03. The summed E-state index contributed by atoms with van der Waals surface area (Å²) in [7, 11) is -4.17. The fraction of sp³-hybridized carbons (Fsp3) is 0. The number of ether oxygens (including phenoxy) is 1. The van der Waals surface area contributed by atoms with Gasteiger partial charge in [0.2, 0.25) is 0 Å². The third-order valence-electron chi connectivity index (χ3n) is 4.01. The van der Waals surface area contributed by atoms with E-state index in [0.29, 0.717) is 16.5 Å². The van der Waals surface area contributed by atoms with Gasteiger partial charge in [0.1, 0.15) is 16.5 Å². The number of carbonyl (C=O) groups is 1. The minimum absolute atomic E-state index is 0.0877. The van der Waals surface area contributed by atoms with E-state index in [0.717, 1.165) is 12.1 Å². The molecule has 3 aromatic rings. The Morgan fingerprint density at radius 1 is 1.00 bits per heavy atom. The number of fused-ring (bicyclic) bond motifs is 2. The average molecular weight is 419 g/mol. The first-order valence-electron chi connectivity index (χ1n) is 8.04. The third-order valence-corrected chi connectivity index (χ3v) is 5.66. The number of benzene rings is 3. The highest BCUT2D eigenvalue weighted by molar-refractivity contribution is 7.92. The molecular formula is C19H12ClFN2O4S. The molecule has 9 heteroatoms. The van der Waals surface area contributed by atoms with Gasteiger partial charge in [-0.2, -0.15) is 0 Å². The summed E-state index contributed by atoms with van der Waals surface area (Å²) in [5, 5.41) is 3.09. The first-order chi connectivity index (χ1) is 13.3. The molecule has 0 spiro atoms. The van der Waals surface area contributed by atoms with Gasteiger partial charge in [-0.05, 0) is 48.5 Å². The molecule has 0 aromatic heterocycles. The van der Waals surface area contributed by atoms with E-state index in [1.807, 2.05) is 0 Å². The van der Waals surface area contributed by atoms with Crippen molar-refractivity contribution >= 4 is 38.9 Å². The summed E-state index contributed by atoms with van der Waals surface area (Å²) in [6.07, 6.45) is 0. The van der Waals surface area contributed by atoms with E-state index in [1.165, 1.54) is 30.3 Å². The maximum absolute atomic E-state index is 13.8. The second-order valence-electron chi connectivity index (χ2n) is 5.94. The Morgan fingerprint density at radius 2 is 1.75 bits per heavy atom. The number of sulfonamides is 1. The third kappa shape index (κ3) is 3.39. The average Bonchev–Trinajstić information content (AvgIpc) is 2.77. The molecule has 1 aliphatic heterocycles. The van der Waals surface area contributed by atoms with Crippen molar-refractivity contribution in [3.05, 3.63) is 77.1 Å². The Morgan fingerprint density at radius 3 is 2.54 bits per heavy atom. The van der Waals surface area contributed by atoms with E-state index < -0.39 is 26.6 Å². The van der Waals surface area contributed by atoms with Crippen LogP contribution in [0.15, 0.2) is 65.6 Å². The van der Waals surface area contributed by atoms with Crippen LogP contribution in [0, 0.1) is 5.82 Å². The molecule has 142 valence electrons. The largest absolute Gasteiger partial charge is 0.454 e. The zero-order chi connectivity index (χ0) is 19.9. The van der Waals surface area contributed by atoms with E-state index in [-0.39, 0.29) is 17.0 Å². The molecule has 3 aromatic carbocycles. The quantitative estimate of drug-likeness (QED) is 0.649. The Kier molecular flexibility index (Phi) is 4.44. The SMILES string of the molecule is O=C1Nc2cc(Cl)ccc2Oc2ccc(NS(=O)(=O)c3ccccc3F)cc21. The highest BCUT2D eigenvalue weighted by Crippen LogP contribution is 2.38. The maximum Gasteiger partial charge on any atom is 0.264 e. The predicted molar refractivity (Wildman–Crippen MR) is 103 cm³/mol. The second kappa shape index (κ2) is 6.81. The van der Waals surface area contributed by atoms with Gasteiger partial charge in [0.25, 0.3) is 15.9 Å². The molecule has 1 heterocycles. The Bertz CT molecular complexity index is 1210. The van der Waals surface area contributed by atoms with Gasteiger partial charge in [0.15, 0.2) is 5.75 Å². The van der Waals surface area contributed by atoms with Gasteiger partial charge in [-0.3, -0.25) is 9.52 Å². The molecule has 0 saturated carbocycles. The van der Waals surface area contributed by atoms with E-state index in [2.05, 4.69) is 10.0 Å². The normalized spacial score (nSPS) is 12.9. The predicted octanol–water partition coefficient (Wildman–Crippen LogP) is 4.64. The zero-order valence-corrected chi connectivity index (χ0v) is 15.6. The van der Waals surface area contributed by atoms with E-state index in [1.54, 1.807) is 18.2 Å². The van der Waals surface area contributed by atoms with Crippen molar-refractivity contribution in [1.82, 2.24) is 0 Å². The monoisotopic (exact) mass is 418 g/mol. The van der Waals surface area contributed by atoms with Crippen molar-refractivity contribution in [2.24, 2.45) is 0 Å². The molecule has 0 fully saturated rings. The Balaban J connectivity index is 1.69. The number of carbonyl (C=O) groups excluding carboxylic acids is 1. The van der Waals surface area contributed by atoms with Crippen LogP contribution in [0.25, 0.3) is 0 Å². The minimum Gasteiger partial charge on any atom is -0.454 e. The van der Waals surface area contributed by atoms with Crippen LogP contribution in [0.3, 0.4) is 0 Å². The van der Waals surface area contributed by atoms with Gasteiger partial charge in [0, 0.05) is 10.7 Å². The summed E-state index contributed by atoms with van der Waals surface area (Å²) in [5.41, 5.74) is 0.591. The van der Waals surface area contributed by atoms with Gasteiger partial charge in [-0.15, -0.1) is 0 Å². The van der Waals surface area contributed by atoms with Gasteiger partial charge >= 0.3 is 0 Å². The molecule has 1 amide bonds. The van der Waals surface area contributed by atoms with Crippen molar-refractivity contribution in [2.75, 3.05) is 10.0 Å². The van der Waals surface area contributed by atoms with Crippen LogP contribution < -0.4 is 14.8 Å². The smallest absolute Gasteiger partial charge is 0.264 e. The minimum atomic E-state index is -4.17. The Hall–Kier alpha value is -3.10. The lowest BCUT2D eigenvalue weighted by molar-refractivity contribution is 0.102. The summed E-state index contributed by atoms with van der Waals surface area (Å²) in [6, 6.07) is 14.0. The lowest BCUT2D eigenvalue weighted by atomic mass is 10.1. The summed E-state index contributed by atoms with van der Waals surface area (Å²) < 4.78 is 46.8. The van der Waals surface area contributed by atoms with Crippen molar-refractivity contribution < 1.29 is 22.3 Å². The van der Waals surface area contributed by atoms with Crippen LogP contribution in [-0.2, 0) is 10.0 Å². The topological polar surface area (TPSA) is 84.5 Å². The van der Waals surface area contributed by atoms with Gasteiger partial charge in [-0.1, -0.05) is 23.7 Å². The van der Waals surface area contributed by atoms with E-state index in [9.17, 15) is 17.6 Å². The summed E-state index contributed by atoms with van der Waals surface area (Å²) in [4.78, 5) is 12.1. The van der Waals surface area contributed by atoms with E-state index in [4.69, 9.17) is 16.3 Å². The molecule has 0 radical (unpaired) electrons. The highest BCUT2D eigenvalue weighted by atomic mass is 35.5. The molecule has 6 nitrogen and oxygen atoms in total. The standard InChI is InChI=1S/C19H12ClFN2O4S/c20-11-5-7-17-15(9-11)22-19(24)13-10-12(6-8-16(13)27-17)23-28(25,26)18-4-2-1-3-14(18)21/h1-10,23H,(H,22,24). The Labute approximate surface area is 165 Å². The zero-order valence-electron chi connectivity index (χ0n) is 14.1. The lowest BCUT2D eigenvalue weighted by Crippen LogP contribution is -2.16. The molecule has 2 N–H and O–H groups in total. The van der Waals surface area contributed by atoms with Crippen LogP contribution in [0.1, 0.15) is 10.4 Å². The summed E-state index contributed by atoms with van der Waals surface area (Å²) >= 11 is 5.94. The molecule has 1 aliphatic rings. The van der Waals surface area contributed by atoms with Gasteiger partial charge in [0.05, 0.1) is 11.3 Å². The van der Waals surface area contributed by atoms with Gasteiger partial charge in [-0.25, -0.2) is 12.8 Å². The van der Waals surface area contributed by atoms with Crippen molar-refractivity contribution in [2.45, 2.75) is 4.90 Å². The molecule has 0 unspecified atom stereocenters. The van der Waals surface area contributed by atoms with Gasteiger partial charge < -0.3 is 10.1 Å². The van der Waals surface area contributed by atoms with Crippen LogP contribution in [-0.4, -0.2) is 14.3 Å². The summed E-state index contributed by atoms with van der Waals surface area (Å²) in [6.45, 7) is 0. The molecule has 0 saturated heterocycles. The van der Waals surface area contributed by atoms with Crippen molar-refractivity contribution in [3.63, 3.8) is 0 Å². The fourth-order valence-corrected chi connectivity index (χ4v) is 4.03. The van der Waals surface area contributed by atoms with Crippen LogP contribution in [0.4, 0.5) is 15.8 Å². The van der Waals surface area contributed by atoms with E-state index >= 15 is 0 Å². The molecular weight excluding hydrogens is 407 g/mol. The maximum atomic E-state index is 13.8. The van der Waals surface area contributed by atoms with Crippen molar-refractivity contribution in [3.8, 4) is 11.5 Å². The molecule has 0 aliphatic carbocycles. The van der Waals surface area contributed by atoms with Crippen LogP contribution in [0.2, 0.25) is 5.02 Å². The van der Waals surface area contributed by atoms with Crippen LogP contribution in [0.5, 0.6) is 11.5 Å². The number of amides is 1. The number of rotatable bonds is 3. The molecule has 0 atom stereocenters. The molecule has 0 bridgehead atoms. The number of hydrogen-bond acceptors (Lipinski definition) is 4. The number of nitrogens with one attached hydrogen (secondary N) is 2. The lowest BCUT2D eigenvalue weighted by Gasteiger charge is -2.11. The first-order valence-corrected chi connectivity index (χ1v) is 9.90. The molecule has 28 heavy (non-hydrogen) atoms. The molecule has 4 rings (SSSR count). The first kappa shape index (κ1) is 18.3.